The fourth-order valence-corrected chi connectivity index (χ4v) is 2.95. The van der Waals surface area contributed by atoms with Crippen LogP contribution in [0.25, 0.3) is 11.0 Å². The summed E-state index contributed by atoms with van der Waals surface area (Å²) in [6.45, 7) is 4.09. The predicted molar refractivity (Wildman–Crippen MR) is 102 cm³/mol. The van der Waals surface area contributed by atoms with Gasteiger partial charge in [0.2, 0.25) is 0 Å². The van der Waals surface area contributed by atoms with Gasteiger partial charge in [-0.1, -0.05) is 24.6 Å². The molecule has 1 aromatic heterocycles. The summed E-state index contributed by atoms with van der Waals surface area (Å²) in [5.74, 6) is 0.363. The first kappa shape index (κ1) is 18.3. The van der Waals surface area contributed by atoms with Crippen molar-refractivity contribution in [2.24, 2.45) is 5.92 Å². The zero-order valence-electron chi connectivity index (χ0n) is 14.8. The van der Waals surface area contributed by atoms with Crippen LogP contribution in [0.5, 0.6) is 5.75 Å². The van der Waals surface area contributed by atoms with Gasteiger partial charge in [0.15, 0.2) is 0 Å². The van der Waals surface area contributed by atoms with E-state index < -0.39 is 5.97 Å². The summed E-state index contributed by atoms with van der Waals surface area (Å²) in [5, 5.41) is 9.70. The van der Waals surface area contributed by atoms with Gasteiger partial charge in [-0.2, -0.15) is 0 Å². The van der Waals surface area contributed by atoms with E-state index in [1.165, 1.54) is 0 Å². The molecule has 1 atom stereocenters. The fourth-order valence-electron chi connectivity index (χ4n) is 2.82. The topological polar surface area (TPSA) is 75.2 Å². The number of halogens is 1. The van der Waals surface area contributed by atoms with E-state index >= 15 is 0 Å². The van der Waals surface area contributed by atoms with Crippen molar-refractivity contribution in [2.45, 2.75) is 33.3 Å². The maximum absolute atomic E-state index is 11.0. The second-order valence-electron chi connectivity index (χ2n) is 6.45. The number of rotatable bonds is 7. The van der Waals surface area contributed by atoms with Crippen LogP contribution in [0.15, 0.2) is 36.4 Å². The fraction of sp³-hybridized carbons (Fsp3) is 0.300. The van der Waals surface area contributed by atoms with Gasteiger partial charge in [-0.25, -0.2) is 4.98 Å². The Bertz CT molecular complexity index is 919. The summed E-state index contributed by atoms with van der Waals surface area (Å²) in [7, 11) is 0. The molecule has 0 bridgehead atoms. The van der Waals surface area contributed by atoms with E-state index in [1.54, 1.807) is 19.1 Å². The second kappa shape index (κ2) is 7.79. The van der Waals surface area contributed by atoms with Crippen LogP contribution in [0.3, 0.4) is 0 Å². The van der Waals surface area contributed by atoms with Crippen LogP contribution in [0.1, 0.15) is 30.3 Å². The quantitative estimate of drug-likeness (QED) is 0.627. The smallest absolute Gasteiger partial charge is 0.306 e. The van der Waals surface area contributed by atoms with E-state index in [-0.39, 0.29) is 5.92 Å². The lowest BCUT2D eigenvalue weighted by molar-refractivity contribution is -0.141. The third-order valence-electron chi connectivity index (χ3n) is 4.53. The van der Waals surface area contributed by atoms with Gasteiger partial charge in [0.1, 0.15) is 18.2 Å². The molecule has 3 rings (SSSR count). The molecule has 2 aromatic carbocycles. The first-order valence-corrected chi connectivity index (χ1v) is 8.90. The molecule has 5 nitrogen and oxygen atoms in total. The van der Waals surface area contributed by atoms with Gasteiger partial charge < -0.3 is 14.8 Å². The number of nitrogens with zero attached hydrogens (tertiary/aromatic N) is 1. The number of fused-ring (bicyclic) bond motifs is 1. The number of benzene rings is 2. The van der Waals surface area contributed by atoms with Crippen molar-refractivity contribution in [1.82, 2.24) is 9.97 Å². The number of aryl methyl sites for hydroxylation is 2. The van der Waals surface area contributed by atoms with Crippen molar-refractivity contribution in [3.8, 4) is 5.75 Å². The molecule has 136 valence electrons. The van der Waals surface area contributed by atoms with Crippen molar-refractivity contribution in [1.29, 1.82) is 0 Å². The number of aliphatic carboxylic acids is 1. The van der Waals surface area contributed by atoms with Crippen LogP contribution in [0.2, 0.25) is 5.02 Å². The third kappa shape index (κ3) is 4.17. The Hall–Kier alpha value is -2.53. The highest BCUT2D eigenvalue weighted by molar-refractivity contribution is 6.30. The number of hydrogen-bond donors (Lipinski definition) is 2. The van der Waals surface area contributed by atoms with E-state index in [1.807, 2.05) is 31.2 Å². The molecule has 1 heterocycles. The molecule has 0 aliphatic carbocycles. The van der Waals surface area contributed by atoms with E-state index in [0.717, 1.165) is 40.2 Å². The largest absolute Gasteiger partial charge is 0.486 e. The van der Waals surface area contributed by atoms with Crippen LogP contribution < -0.4 is 4.74 Å². The Labute approximate surface area is 157 Å². The Morgan fingerprint density at radius 1 is 1.27 bits per heavy atom. The number of carboxylic acids is 1. The lowest BCUT2D eigenvalue weighted by Crippen LogP contribution is -2.10. The molecule has 0 spiro atoms. The monoisotopic (exact) mass is 372 g/mol. The summed E-state index contributed by atoms with van der Waals surface area (Å²) < 4.78 is 5.73. The number of nitrogens with one attached hydrogen (secondary N) is 1. The van der Waals surface area contributed by atoms with Crippen molar-refractivity contribution in [2.75, 3.05) is 0 Å². The minimum Gasteiger partial charge on any atom is -0.486 e. The average Bonchev–Trinajstić information content (AvgIpc) is 3.04. The number of aromatic amines is 1. The SMILES string of the molecule is Cc1c(CCC(C)C(=O)O)ccc2[nH]c(COc3ccc(Cl)cc3)nc12. The third-order valence-corrected chi connectivity index (χ3v) is 4.78. The first-order valence-electron chi connectivity index (χ1n) is 8.52. The molecule has 0 amide bonds. The molecule has 1 unspecified atom stereocenters. The van der Waals surface area contributed by atoms with Gasteiger partial charge in [-0.15, -0.1) is 0 Å². The van der Waals surface area contributed by atoms with Crippen LogP contribution in [0.4, 0.5) is 0 Å². The van der Waals surface area contributed by atoms with Crippen LogP contribution >= 0.6 is 11.6 Å². The first-order chi connectivity index (χ1) is 12.4. The minimum absolute atomic E-state index is 0.334. The van der Waals surface area contributed by atoms with Crippen LogP contribution in [0, 0.1) is 12.8 Å². The Morgan fingerprint density at radius 3 is 2.69 bits per heavy atom. The summed E-state index contributed by atoms with van der Waals surface area (Å²) in [6, 6.07) is 11.2. The average molecular weight is 373 g/mol. The zero-order valence-corrected chi connectivity index (χ0v) is 15.5. The van der Waals surface area contributed by atoms with E-state index in [2.05, 4.69) is 9.97 Å². The second-order valence-corrected chi connectivity index (χ2v) is 6.89. The van der Waals surface area contributed by atoms with Gasteiger partial charge in [-0.05, 0) is 61.2 Å². The number of carbonyl (C=O) groups is 1. The normalized spacial score (nSPS) is 12.3. The molecule has 0 aliphatic rings. The summed E-state index contributed by atoms with van der Waals surface area (Å²) >= 11 is 5.87. The van der Waals surface area contributed by atoms with Crippen molar-refractivity contribution >= 4 is 28.6 Å². The molecule has 0 fully saturated rings. The Kier molecular flexibility index (Phi) is 5.47. The summed E-state index contributed by atoms with van der Waals surface area (Å²) in [4.78, 5) is 18.9. The maximum atomic E-state index is 11.0. The molecule has 2 N–H and O–H groups in total. The lowest BCUT2D eigenvalue weighted by Gasteiger charge is -2.08. The van der Waals surface area contributed by atoms with E-state index in [9.17, 15) is 4.79 Å². The molecular weight excluding hydrogens is 352 g/mol. The van der Waals surface area contributed by atoms with Gasteiger partial charge in [-0.3, -0.25) is 4.79 Å². The molecule has 0 saturated heterocycles. The van der Waals surface area contributed by atoms with Crippen molar-refractivity contribution in [3.63, 3.8) is 0 Å². The van der Waals surface area contributed by atoms with Gasteiger partial charge in [0.25, 0.3) is 0 Å². The molecule has 26 heavy (non-hydrogen) atoms. The number of carboxylic acid groups (broad SMARTS) is 1. The number of imidazole rings is 1. The standard InChI is InChI=1S/C20H21ClN2O3/c1-12(20(24)25)3-4-14-5-10-17-19(13(14)2)23-18(22-17)11-26-16-8-6-15(21)7-9-16/h5-10,12H,3-4,11H2,1-2H3,(H,22,23)(H,24,25). The van der Waals surface area contributed by atoms with Crippen molar-refractivity contribution < 1.29 is 14.6 Å². The Morgan fingerprint density at radius 2 is 2.00 bits per heavy atom. The van der Waals surface area contributed by atoms with Gasteiger partial charge in [0, 0.05) is 5.02 Å². The van der Waals surface area contributed by atoms with Gasteiger partial charge in [0.05, 0.1) is 17.0 Å². The number of hydrogen-bond acceptors (Lipinski definition) is 3. The highest BCUT2D eigenvalue weighted by atomic mass is 35.5. The van der Waals surface area contributed by atoms with Crippen LogP contribution in [-0.4, -0.2) is 21.0 Å². The number of H-pyrrole nitrogens is 1. The van der Waals surface area contributed by atoms with Gasteiger partial charge >= 0.3 is 5.97 Å². The van der Waals surface area contributed by atoms with Crippen LogP contribution in [-0.2, 0) is 17.8 Å². The maximum Gasteiger partial charge on any atom is 0.306 e. The van der Waals surface area contributed by atoms with E-state index in [0.29, 0.717) is 18.1 Å². The summed E-state index contributed by atoms with van der Waals surface area (Å²) in [5.41, 5.74) is 4.06. The molecule has 6 heteroatoms. The zero-order chi connectivity index (χ0) is 18.7. The van der Waals surface area contributed by atoms with E-state index in [4.69, 9.17) is 21.4 Å². The highest BCUT2D eigenvalue weighted by Gasteiger charge is 2.14. The molecule has 0 saturated carbocycles. The Balaban J connectivity index is 1.72. The number of aromatic nitrogens is 2. The van der Waals surface area contributed by atoms with Crippen molar-refractivity contribution in [3.05, 3.63) is 58.4 Å². The molecule has 0 radical (unpaired) electrons. The highest BCUT2D eigenvalue weighted by Crippen LogP contribution is 2.23. The lowest BCUT2D eigenvalue weighted by atomic mass is 9.97. The molecule has 0 aliphatic heterocycles. The predicted octanol–water partition coefficient (Wildman–Crippen LogP) is 4.76. The molecular formula is C20H21ClN2O3. The summed E-state index contributed by atoms with van der Waals surface area (Å²) in [6.07, 6.45) is 1.33. The molecule has 3 aromatic rings. The number of ether oxygens (including phenoxy) is 1. The minimum atomic E-state index is -0.759.